The van der Waals surface area contributed by atoms with Crippen LogP contribution in [0.25, 0.3) is 11.3 Å². The van der Waals surface area contributed by atoms with E-state index in [9.17, 15) is 8.78 Å². The number of aromatic nitrogens is 1. The molecule has 1 fully saturated rings. The van der Waals surface area contributed by atoms with Crippen molar-refractivity contribution in [1.29, 1.82) is 0 Å². The number of benzene rings is 1. The molecule has 1 aromatic heterocycles. The van der Waals surface area contributed by atoms with Gasteiger partial charge in [-0.25, -0.2) is 13.8 Å². The number of hydrogen-bond acceptors (Lipinski definition) is 3. The first-order valence-electron chi connectivity index (χ1n) is 5.81. The normalized spacial score (nSPS) is 16.8. The lowest BCUT2D eigenvalue weighted by Gasteiger charge is -2.05. The highest BCUT2D eigenvalue weighted by molar-refractivity contribution is 7.10. The van der Waals surface area contributed by atoms with Gasteiger partial charge < -0.3 is 5.73 Å². The first-order chi connectivity index (χ1) is 8.65. The Labute approximate surface area is 107 Å². The van der Waals surface area contributed by atoms with Gasteiger partial charge in [-0.15, -0.1) is 11.3 Å². The number of rotatable bonds is 3. The van der Waals surface area contributed by atoms with Crippen LogP contribution in [0.5, 0.6) is 0 Å². The molecule has 18 heavy (non-hydrogen) atoms. The van der Waals surface area contributed by atoms with Crippen LogP contribution in [0, 0.1) is 17.6 Å². The largest absolute Gasteiger partial charge is 0.322 e. The summed E-state index contributed by atoms with van der Waals surface area (Å²) in [5, 5.41) is 2.53. The quantitative estimate of drug-likeness (QED) is 0.923. The Morgan fingerprint density at radius 2 is 2.11 bits per heavy atom. The lowest BCUT2D eigenvalue weighted by molar-refractivity contribution is 0.602. The minimum Gasteiger partial charge on any atom is -0.322 e. The summed E-state index contributed by atoms with van der Waals surface area (Å²) < 4.78 is 26.7. The van der Waals surface area contributed by atoms with E-state index in [1.807, 2.05) is 0 Å². The van der Waals surface area contributed by atoms with Gasteiger partial charge in [0.05, 0.1) is 11.7 Å². The van der Waals surface area contributed by atoms with Crippen LogP contribution in [0.1, 0.15) is 23.9 Å². The maximum Gasteiger partial charge on any atom is 0.132 e. The summed E-state index contributed by atoms with van der Waals surface area (Å²) >= 11 is 1.41. The molecule has 1 aromatic carbocycles. The average Bonchev–Trinajstić information content (AvgIpc) is 3.09. The molecule has 2 nitrogen and oxygen atoms in total. The highest BCUT2D eigenvalue weighted by atomic mass is 32.1. The molecule has 1 aliphatic rings. The van der Waals surface area contributed by atoms with E-state index in [1.54, 1.807) is 5.38 Å². The van der Waals surface area contributed by atoms with Crippen LogP contribution < -0.4 is 5.73 Å². The van der Waals surface area contributed by atoms with E-state index in [4.69, 9.17) is 5.73 Å². The van der Waals surface area contributed by atoms with Crippen molar-refractivity contribution in [1.82, 2.24) is 4.98 Å². The molecule has 1 heterocycles. The van der Waals surface area contributed by atoms with Crippen molar-refractivity contribution in [2.24, 2.45) is 11.7 Å². The Hall–Kier alpha value is -1.33. The van der Waals surface area contributed by atoms with Gasteiger partial charge in [-0.05, 0) is 37.0 Å². The van der Waals surface area contributed by atoms with Crippen molar-refractivity contribution in [3.63, 3.8) is 0 Å². The molecule has 94 valence electrons. The molecule has 0 spiro atoms. The maximum atomic E-state index is 13.6. The zero-order valence-electron chi connectivity index (χ0n) is 9.57. The second-order valence-electron chi connectivity index (χ2n) is 4.56. The Kier molecular flexibility index (Phi) is 2.87. The molecular weight excluding hydrogens is 254 g/mol. The van der Waals surface area contributed by atoms with Gasteiger partial charge in [-0.3, -0.25) is 0 Å². The second kappa shape index (κ2) is 4.40. The average molecular weight is 266 g/mol. The SMILES string of the molecule is NC(c1nc(-c2cc(F)ccc2F)cs1)C1CC1. The van der Waals surface area contributed by atoms with Crippen LogP contribution in [0.2, 0.25) is 0 Å². The maximum absolute atomic E-state index is 13.6. The van der Waals surface area contributed by atoms with Crippen LogP contribution in [0.4, 0.5) is 8.78 Å². The third-order valence-electron chi connectivity index (χ3n) is 3.14. The van der Waals surface area contributed by atoms with Crippen molar-refractivity contribution in [2.45, 2.75) is 18.9 Å². The summed E-state index contributed by atoms with van der Waals surface area (Å²) in [6, 6.07) is 3.31. The molecule has 5 heteroatoms. The van der Waals surface area contributed by atoms with E-state index in [1.165, 1.54) is 11.3 Å². The lowest BCUT2D eigenvalue weighted by Crippen LogP contribution is -2.11. The fraction of sp³-hybridized carbons (Fsp3) is 0.308. The van der Waals surface area contributed by atoms with E-state index in [0.29, 0.717) is 11.6 Å². The Morgan fingerprint density at radius 3 is 2.83 bits per heavy atom. The van der Waals surface area contributed by atoms with Crippen molar-refractivity contribution in [3.05, 3.63) is 40.2 Å². The lowest BCUT2D eigenvalue weighted by atomic mass is 10.1. The zero-order valence-corrected chi connectivity index (χ0v) is 10.4. The third-order valence-corrected chi connectivity index (χ3v) is 4.09. The molecule has 2 N–H and O–H groups in total. The summed E-state index contributed by atoms with van der Waals surface area (Å²) in [5.41, 5.74) is 6.70. The summed E-state index contributed by atoms with van der Waals surface area (Å²) in [7, 11) is 0. The molecule has 0 bridgehead atoms. The number of nitrogens with zero attached hydrogens (tertiary/aromatic N) is 1. The van der Waals surface area contributed by atoms with Crippen molar-refractivity contribution in [3.8, 4) is 11.3 Å². The van der Waals surface area contributed by atoms with Crippen LogP contribution in [0.3, 0.4) is 0 Å². The van der Waals surface area contributed by atoms with Crippen LogP contribution in [-0.2, 0) is 0 Å². The van der Waals surface area contributed by atoms with Crippen molar-refractivity contribution >= 4 is 11.3 Å². The predicted octanol–water partition coefficient (Wildman–Crippen LogP) is 3.50. The van der Waals surface area contributed by atoms with Crippen LogP contribution >= 0.6 is 11.3 Å². The fourth-order valence-electron chi connectivity index (χ4n) is 1.92. The Morgan fingerprint density at radius 1 is 1.33 bits per heavy atom. The number of nitrogens with two attached hydrogens (primary N) is 1. The van der Waals surface area contributed by atoms with Gasteiger partial charge in [-0.2, -0.15) is 0 Å². The summed E-state index contributed by atoms with van der Waals surface area (Å²) in [6.07, 6.45) is 2.26. The third kappa shape index (κ3) is 2.15. The van der Waals surface area contributed by atoms with E-state index in [2.05, 4.69) is 4.98 Å². The van der Waals surface area contributed by atoms with Gasteiger partial charge in [0.1, 0.15) is 16.6 Å². The molecule has 0 saturated heterocycles. The minimum atomic E-state index is -0.465. The standard InChI is InChI=1S/C13H12F2N2S/c14-8-3-4-10(15)9(5-8)11-6-18-13(17-11)12(16)7-1-2-7/h3-7,12H,1-2,16H2. The monoisotopic (exact) mass is 266 g/mol. The molecular formula is C13H12F2N2S. The highest BCUT2D eigenvalue weighted by Gasteiger charge is 2.31. The molecule has 1 atom stereocenters. The summed E-state index contributed by atoms with van der Waals surface area (Å²) in [6.45, 7) is 0. The van der Waals surface area contributed by atoms with Gasteiger partial charge in [-0.1, -0.05) is 0 Å². The van der Waals surface area contributed by atoms with E-state index in [0.717, 1.165) is 36.0 Å². The van der Waals surface area contributed by atoms with Crippen LogP contribution in [0.15, 0.2) is 23.6 Å². The van der Waals surface area contributed by atoms with Gasteiger partial charge in [0.2, 0.25) is 0 Å². The molecule has 0 aliphatic heterocycles. The Balaban J connectivity index is 1.94. The second-order valence-corrected chi connectivity index (χ2v) is 5.45. The molecule has 2 aromatic rings. The van der Waals surface area contributed by atoms with Crippen LogP contribution in [-0.4, -0.2) is 4.98 Å². The first kappa shape index (κ1) is 11.7. The van der Waals surface area contributed by atoms with Crippen molar-refractivity contribution < 1.29 is 8.78 Å². The first-order valence-corrected chi connectivity index (χ1v) is 6.69. The number of thiazole rings is 1. The van der Waals surface area contributed by atoms with Crippen molar-refractivity contribution in [2.75, 3.05) is 0 Å². The Bertz CT molecular complexity index is 578. The van der Waals surface area contributed by atoms with E-state index in [-0.39, 0.29) is 11.6 Å². The smallest absolute Gasteiger partial charge is 0.132 e. The van der Waals surface area contributed by atoms with E-state index >= 15 is 0 Å². The number of halogens is 2. The fourth-order valence-corrected chi connectivity index (χ4v) is 2.83. The van der Waals surface area contributed by atoms with E-state index < -0.39 is 11.6 Å². The molecule has 3 rings (SSSR count). The highest BCUT2D eigenvalue weighted by Crippen LogP contribution is 2.41. The minimum absolute atomic E-state index is 0.0691. The van der Waals surface area contributed by atoms with Gasteiger partial charge in [0, 0.05) is 10.9 Å². The topological polar surface area (TPSA) is 38.9 Å². The van der Waals surface area contributed by atoms with Gasteiger partial charge in [0.15, 0.2) is 0 Å². The summed E-state index contributed by atoms with van der Waals surface area (Å²) in [4.78, 5) is 4.33. The summed E-state index contributed by atoms with van der Waals surface area (Å²) in [5.74, 6) is -0.429. The molecule has 0 amide bonds. The molecule has 0 radical (unpaired) electrons. The molecule has 1 aliphatic carbocycles. The molecule has 1 saturated carbocycles. The zero-order chi connectivity index (χ0) is 12.7. The number of hydrogen-bond donors (Lipinski definition) is 1. The molecule has 1 unspecified atom stereocenters. The van der Waals surface area contributed by atoms with Gasteiger partial charge in [0.25, 0.3) is 0 Å². The predicted molar refractivity (Wildman–Crippen MR) is 67.1 cm³/mol. The van der Waals surface area contributed by atoms with Gasteiger partial charge >= 0.3 is 0 Å².